The van der Waals surface area contributed by atoms with Gasteiger partial charge in [-0.05, 0) is 60.2 Å². The molecule has 6 nitrogen and oxygen atoms in total. The van der Waals surface area contributed by atoms with E-state index in [2.05, 4.69) is 5.32 Å². The number of benzene rings is 2. The molecule has 2 aromatic rings. The van der Waals surface area contributed by atoms with Gasteiger partial charge in [-0.15, -0.1) is 0 Å². The number of halogens is 2. The van der Waals surface area contributed by atoms with Gasteiger partial charge in [0, 0.05) is 29.3 Å². The van der Waals surface area contributed by atoms with E-state index in [1.165, 1.54) is 0 Å². The van der Waals surface area contributed by atoms with Crippen molar-refractivity contribution in [1.82, 2.24) is 5.32 Å². The van der Waals surface area contributed by atoms with Crippen LogP contribution in [0.4, 0.5) is 5.69 Å². The summed E-state index contributed by atoms with van der Waals surface area (Å²) in [6, 6.07) is 11.0. The minimum Gasteiger partial charge on any atom is -0.480 e. The molecule has 0 aliphatic rings. The number of anilines is 1. The second kappa shape index (κ2) is 11.4. The van der Waals surface area contributed by atoms with Gasteiger partial charge in [0.15, 0.2) is 0 Å². The van der Waals surface area contributed by atoms with Gasteiger partial charge in [-0.2, -0.15) is 0 Å². The fourth-order valence-corrected chi connectivity index (χ4v) is 3.93. The van der Waals surface area contributed by atoms with E-state index in [0.29, 0.717) is 23.0 Å². The first kappa shape index (κ1) is 25.0. The number of rotatable bonds is 11. The lowest BCUT2D eigenvalue weighted by Gasteiger charge is -2.23. The van der Waals surface area contributed by atoms with Crippen molar-refractivity contribution in [2.24, 2.45) is 5.92 Å². The SMILES string of the molecule is CC(C)CC(NC(Cc1ccc(N(C)Cc2cc(Cl)cc(Cl)c2)cc1)C(=O)O)C(=O)O. The Bertz CT molecular complexity index is 883. The van der Waals surface area contributed by atoms with Crippen molar-refractivity contribution >= 4 is 40.8 Å². The van der Waals surface area contributed by atoms with Crippen LogP contribution in [0.1, 0.15) is 31.4 Å². The molecule has 0 heterocycles. The van der Waals surface area contributed by atoms with E-state index < -0.39 is 24.0 Å². The van der Waals surface area contributed by atoms with Crippen LogP contribution in [0.25, 0.3) is 0 Å². The molecule has 2 rings (SSSR count). The maximum absolute atomic E-state index is 11.7. The van der Waals surface area contributed by atoms with Gasteiger partial charge in [0.1, 0.15) is 12.1 Å². The molecule has 0 aliphatic heterocycles. The highest BCUT2D eigenvalue weighted by molar-refractivity contribution is 6.34. The molecule has 0 bridgehead atoms. The first-order valence-electron chi connectivity index (χ1n) is 10.0. The van der Waals surface area contributed by atoms with Gasteiger partial charge >= 0.3 is 11.9 Å². The molecular weight excluding hydrogens is 439 g/mol. The molecule has 31 heavy (non-hydrogen) atoms. The van der Waals surface area contributed by atoms with E-state index >= 15 is 0 Å². The minimum atomic E-state index is -1.07. The van der Waals surface area contributed by atoms with E-state index in [9.17, 15) is 19.8 Å². The molecule has 0 amide bonds. The molecule has 0 radical (unpaired) electrons. The summed E-state index contributed by atoms with van der Waals surface area (Å²) in [5.74, 6) is -1.99. The molecule has 0 spiro atoms. The molecule has 2 atom stereocenters. The first-order valence-corrected chi connectivity index (χ1v) is 10.8. The summed E-state index contributed by atoms with van der Waals surface area (Å²) in [7, 11) is 1.94. The minimum absolute atomic E-state index is 0.132. The van der Waals surface area contributed by atoms with Gasteiger partial charge in [0.25, 0.3) is 0 Å². The van der Waals surface area contributed by atoms with Crippen LogP contribution in [-0.4, -0.2) is 41.3 Å². The number of hydrogen-bond acceptors (Lipinski definition) is 4. The fraction of sp³-hybridized carbons (Fsp3) is 0.391. The third-order valence-corrected chi connectivity index (χ3v) is 5.30. The third kappa shape index (κ3) is 8.05. The predicted molar refractivity (Wildman–Crippen MR) is 124 cm³/mol. The lowest BCUT2D eigenvalue weighted by Crippen LogP contribution is -2.48. The number of carboxylic acids is 2. The van der Waals surface area contributed by atoms with Crippen molar-refractivity contribution in [3.05, 3.63) is 63.6 Å². The molecule has 168 valence electrons. The zero-order chi connectivity index (χ0) is 23.1. The Morgan fingerprint density at radius 3 is 1.97 bits per heavy atom. The molecule has 0 saturated heterocycles. The summed E-state index contributed by atoms with van der Waals surface area (Å²) < 4.78 is 0. The highest BCUT2D eigenvalue weighted by atomic mass is 35.5. The average molecular weight is 467 g/mol. The smallest absolute Gasteiger partial charge is 0.321 e. The molecule has 8 heteroatoms. The second-order valence-electron chi connectivity index (χ2n) is 8.08. The summed E-state index contributed by atoms with van der Waals surface area (Å²) in [6.07, 6.45) is 0.543. The predicted octanol–water partition coefficient (Wildman–Crippen LogP) is 4.71. The standard InChI is InChI=1S/C23H28Cl2N2O4/c1-14(2)8-20(22(28)29)26-21(23(30)31)11-15-4-6-19(7-5-15)27(3)13-16-9-17(24)12-18(25)10-16/h4-7,9-10,12,14,20-21,26H,8,11,13H2,1-3H3,(H,28,29)(H,30,31). The van der Waals surface area contributed by atoms with E-state index in [-0.39, 0.29) is 12.3 Å². The van der Waals surface area contributed by atoms with Crippen LogP contribution in [0, 0.1) is 5.92 Å². The molecule has 0 aliphatic carbocycles. The Kier molecular flexibility index (Phi) is 9.16. The molecular formula is C23H28Cl2N2O4. The fourth-order valence-electron chi connectivity index (χ4n) is 3.36. The van der Waals surface area contributed by atoms with Crippen LogP contribution in [0.2, 0.25) is 10.0 Å². The zero-order valence-electron chi connectivity index (χ0n) is 17.8. The lowest BCUT2D eigenvalue weighted by molar-refractivity contribution is -0.142. The maximum Gasteiger partial charge on any atom is 0.321 e. The highest BCUT2D eigenvalue weighted by Gasteiger charge is 2.26. The summed E-state index contributed by atoms with van der Waals surface area (Å²) in [6.45, 7) is 4.41. The first-order chi connectivity index (χ1) is 14.5. The van der Waals surface area contributed by atoms with Gasteiger partial charge in [0.2, 0.25) is 0 Å². The normalized spacial score (nSPS) is 13.1. The lowest BCUT2D eigenvalue weighted by atomic mass is 10.0. The second-order valence-corrected chi connectivity index (χ2v) is 8.96. The quantitative estimate of drug-likeness (QED) is 0.444. The van der Waals surface area contributed by atoms with Crippen LogP contribution in [0.3, 0.4) is 0 Å². The van der Waals surface area contributed by atoms with Crippen LogP contribution < -0.4 is 10.2 Å². The van der Waals surface area contributed by atoms with Gasteiger partial charge in [-0.25, -0.2) is 0 Å². The Labute approximate surface area is 192 Å². The average Bonchev–Trinajstić information content (AvgIpc) is 2.65. The largest absolute Gasteiger partial charge is 0.480 e. The zero-order valence-corrected chi connectivity index (χ0v) is 19.3. The van der Waals surface area contributed by atoms with Crippen LogP contribution >= 0.6 is 23.2 Å². The Hall–Kier alpha value is -2.28. The van der Waals surface area contributed by atoms with E-state index in [1.54, 1.807) is 6.07 Å². The topological polar surface area (TPSA) is 89.9 Å². The van der Waals surface area contributed by atoms with Gasteiger partial charge in [-0.3, -0.25) is 14.9 Å². The number of hydrogen-bond donors (Lipinski definition) is 3. The van der Waals surface area contributed by atoms with Crippen molar-refractivity contribution in [3.63, 3.8) is 0 Å². The molecule has 3 N–H and O–H groups in total. The van der Waals surface area contributed by atoms with Gasteiger partial charge < -0.3 is 15.1 Å². The van der Waals surface area contributed by atoms with Crippen LogP contribution in [0.15, 0.2) is 42.5 Å². The van der Waals surface area contributed by atoms with Crippen molar-refractivity contribution < 1.29 is 19.8 Å². The summed E-state index contributed by atoms with van der Waals surface area (Å²) in [4.78, 5) is 25.2. The van der Waals surface area contributed by atoms with Crippen molar-refractivity contribution in [2.75, 3.05) is 11.9 Å². The number of nitrogens with zero attached hydrogens (tertiary/aromatic N) is 1. The molecule has 0 aromatic heterocycles. The van der Waals surface area contributed by atoms with Crippen LogP contribution in [-0.2, 0) is 22.6 Å². The van der Waals surface area contributed by atoms with Crippen molar-refractivity contribution in [3.8, 4) is 0 Å². The Balaban J connectivity index is 2.06. The van der Waals surface area contributed by atoms with Crippen molar-refractivity contribution in [2.45, 2.75) is 45.3 Å². The number of carbonyl (C=O) groups is 2. The molecule has 2 aromatic carbocycles. The summed E-state index contributed by atoms with van der Waals surface area (Å²) in [5.41, 5.74) is 2.73. The number of carboxylic acid groups (broad SMARTS) is 2. The maximum atomic E-state index is 11.7. The number of nitrogens with one attached hydrogen (secondary N) is 1. The summed E-state index contributed by atoms with van der Waals surface area (Å²) in [5, 5.41) is 22.9. The highest BCUT2D eigenvalue weighted by Crippen LogP contribution is 2.22. The van der Waals surface area contributed by atoms with Gasteiger partial charge in [-0.1, -0.05) is 49.2 Å². The molecule has 2 unspecified atom stereocenters. The monoisotopic (exact) mass is 466 g/mol. The van der Waals surface area contributed by atoms with E-state index in [1.807, 2.05) is 62.2 Å². The Morgan fingerprint density at radius 2 is 1.48 bits per heavy atom. The van der Waals surface area contributed by atoms with E-state index in [0.717, 1.165) is 16.8 Å². The molecule has 0 fully saturated rings. The van der Waals surface area contributed by atoms with Crippen LogP contribution in [0.5, 0.6) is 0 Å². The molecule has 0 saturated carbocycles. The third-order valence-electron chi connectivity index (χ3n) is 4.86. The van der Waals surface area contributed by atoms with E-state index in [4.69, 9.17) is 23.2 Å². The number of aliphatic carboxylic acids is 2. The Morgan fingerprint density at radius 1 is 0.935 bits per heavy atom. The van der Waals surface area contributed by atoms with Gasteiger partial charge in [0.05, 0.1) is 0 Å². The van der Waals surface area contributed by atoms with Crippen molar-refractivity contribution in [1.29, 1.82) is 0 Å². The summed E-state index contributed by atoms with van der Waals surface area (Å²) >= 11 is 12.1.